The van der Waals surface area contributed by atoms with Crippen molar-refractivity contribution in [2.45, 2.75) is 38.3 Å². The van der Waals surface area contributed by atoms with Crippen LogP contribution in [0.4, 0.5) is 4.39 Å². The van der Waals surface area contributed by atoms with Gasteiger partial charge in [-0.05, 0) is 59.5 Å². The Labute approximate surface area is 213 Å². The molecule has 2 aliphatic heterocycles. The van der Waals surface area contributed by atoms with Gasteiger partial charge >= 0.3 is 0 Å². The molecule has 0 aliphatic carbocycles. The van der Waals surface area contributed by atoms with E-state index < -0.39 is 0 Å². The number of fused-ring (bicyclic) bond motifs is 1. The van der Waals surface area contributed by atoms with Crippen molar-refractivity contribution in [3.8, 4) is 0 Å². The predicted octanol–water partition coefficient (Wildman–Crippen LogP) is 4.59. The standard InChI is InChI=1S/C27H30FN3O2S2/c1-19-18-30(12-13-31(19)26(33)17-22-6-3-14-34-22)25(32)8-11-29-10-7-24-23(9-15-35-24)27(29)20-4-2-5-21(28)16-20/h2-6,9,14-16,19,27H,7-8,10-13,17-18H2,1H3/t19-,27+/m1/s1. The lowest BCUT2D eigenvalue weighted by atomic mass is 9.93. The maximum Gasteiger partial charge on any atom is 0.228 e. The van der Waals surface area contributed by atoms with Gasteiger partial charge in [0, 0.05) is 54.9 Å². The van der Waals surface area contributed by atoms with E-state index >= 15 is 0 Å². The molecule has 184 valence electrons. The molecule has 1 fully saturated rings. The van der Waals surface area contributed by atoms with Gasteiger partial charge in [0.15, 0.2) is 0 Å². The first-order valence-corrected chi connectivity index (χ1v) is 13.9. The number of carbonyl (C=O) groups excluding carboxylic acids is 2. The first kappa shape index (κ1) is 24.2. The Morgan fingerprint density at radius 3 is 2.69 bits per heavy atom. The van der Waals surface area contributed by atoms with Gasteiger partial charge in [-0.2, -0.15) is 0 Å². The quantitative estimate of drug-likeness (QED) is 0.486. The van der Waals surface area contributed by atoms with Gasteiger partial charge < -0.3 is 9.80 Å². The van der Waals surface area contributed by atoms with Crippen LogP contribution in [0.5, 0.6) is 0 Å². The number of nitrogens with zero attached hydrogens (tertiary/aromatic N) is 3. The van der Waals surface area contributed by atoms with Gasteiger partial charge in [0.25, 0.3) is 0 Å². The zero-order chi connectivity index (χ0) is 24.4. The molecular formula is C27H30FN3O2S2. The molecule has 4 heterocycles. The summed E-state index contributed by atoms with van der Waals surface area (Å²) in [6.45, 7) is 5.21. The minimum atomic E-state index is -0.235. The number of halogens is 1. The van der Waals surface area contributed by atoms with E-state index in [1.54, 1.807) is 34.8 Å². The molecule has 5 rings (SSSR count). The Balaban J connectivity index is 1.20. The largest absolute Gasteiger partial charge is 0.339 e. The second-order valence-corrected chi connectivity index (χ2v) is 11.4. The number of amides is 2. The summed E-state index contributed by atoms with van der Waals surface area (Å²) in [4.78, 5) is 34.4. The Hall–Kier alpha value is -2.55. The summed E-state index contributed by atoms with van der Waals surface area (Å²) in [5.74, 6) is 0.0162. The fourth-order valence-electron chi connectivity index (χ4n) is 5.29. The average Bonchev–Trinajstić information content (AvgIpc) is 3.54. The third kappa shape index (κ3) is 5.34. The lowest BCUT2D eigenvalue weighted by Crippen LogP contribution is -2.56. The van der Waals surface area contributed by atoms with Crippen molar-refractivity contribution < 1.29 is 14.0 Å². The molecule has 2 amide bonds. The number of benzene rings is 1. The van der Waals surface area contributed by atoms with Crippen molar-refractivity contribution in [2.24, 2.45) is 0 Å². The summed E-state index contributed by atoms with van der Waals surface area (Å²) in [5, 5.41) is 4.09. The third-order valence-corrected chi connectivity index (χ3v) is 8.92. The van der Waals surface area contributed by atoms with Crippen LogP contribution in [0.2, 0.25) is 0 Å². The van der Waals surface area contributed by atoms with E-state index in [1.165, 1.54) is 16.5 Å². The maximum absolute atomic E-state index is 14.0. The normalized spacial score (nSPS) is 20.6. The van der Waals surface area contributed by atoms with E-state index in [4.69, 9.17) is 0 Å². The molecule has 2 aliphatic rings. The van der Waals surface area contributed by atoms with E-state index in [0.29, 0.717) is 39.0 Å². The van der Waals surface area contributed by atoms with Crippen LogP contribution in [0.15, 0.2) is 53.2 Å². The molecule has 0 unspecified atom stereocenters. The summed E-state index contributed by atoms with van der Waals surface area (Å²) < 4.78 is 14.0. The molecule has 35 heavy (non-hydrogen) atoms. The molecule has 0 N–H and O–H groups in total. The van der Waals surface area contributed by atoms with Gasteiger partial charge in [-0.1, -0.05) is 18.2 Å². The van der Waals surface area contributed by atoms with Crippen molar-refractivity contribution in [3.05, 3.63) is 79.9 Å². The van der Waals surface area contributed by atoms with Crippen LogP contribution < -0.4 is 0 Å². The highest BCUT2D eigenvalue weighted by atomic mass is 32.1. The van der Waals surface area contributed by atoms with Crippen molar-refractivity contribution in [1.82, 2.24) is 14.7 Å². The van der Waals surface area contributed by atoms with E-state index in [2.05, 4.69) is 16.3 Å². The number of carbonyl (C=O) groups is 2. The zero-order valence-corrected chi connectivity index (χ0v) is 21.5. The van der Waals surface area contributed by atoms with Gasteiger partial charge in [-0.15, -0.1) is 22.7 Å². The monoisotopic (exact) mass is 511 g/mol. The highest BCUT2D eigenvalue weighted by Crippen LogP contribution is 2.38. The molecule has 5 nitrogen and oxygen atoms in total. The molecule has 1 saturated heterocycles. The molecule has 3 aromatic rings. The highest BCUT2D eigenvalue weighted by Gasteiger charge is 2.32. The average molecular weight is 512 g/mol. The first-order valence-electron chi connectivity index (χ1n) is 12.1. The van der Waals surface area contributed by atoms with Crippen LogP contribution in [0.3, 0.4) is 0 Å². The smallest absolute Gasteiger partial charge is 0.228 e. The molecule has 2 aromatic heterocycles. The molecule has 0 spiro atoms. The summed E-state index contributed by atoms with van der Waals surface area (Å²) >= 11 is 3.35. The topological polar surface area (TPSA) is 43.9 Å². The predicted molar refractivity (Wildman–Crippen MR) is 138 cm³/mol. The van der Waals surface area contributed by atoms with E-state index in [9.17, 15) is 14.0 Å². The van der Waals surface area contributed by atoms with E-state index in [-0.39, 0.29) is 29.7 Å². The number of hydrogen-bond acceptors (Lipinski definition) is 5. The molecule has 0 bridgehead atoms. The summed E-state index contributed by atoms with van der Waals surface area (Å²) in [7, 11) is 0. The number of hydrogen-bond donors (Lipinski definition) is 0. The van der Waals surface area contributed by atoms with Gasteiger partial charge in [-0.3, -0.25) is 14.5 Å². The Morgan fingerprint density at radius 1 is 1.03 bits per heavy atom. The molecular weight excluding hydrogens is 481 g/mol. The minimum Gasteiger partial charge on any atom is -0.339 e. The molecule has 0 saturated carbocycles. The molecule has 1 aromatic carbocycles. The minimum absolute atomic E-state index is 0.00329. The fraction of sp³-hybridized carbons (Fsp3) is 0.407. The van der Waals surface area contributed by atoms with Crippen molar-refractivity contribution in [3.63, 3.8) is 0 Å². The second kappa shape index (κ2) is 10.6. The first-order chi connectivity index (χ1) is 17.0. The number of piperazine rings is 1. The molecule has 8 heteroatoms. The second-order valence-electron chi connectivity index (χ2n) is 9.32. The van der Waals surface area contributed by atoms with Crippen LogP contribution in [0.1, 0.15) is 40.3 Å². The highest BCUT2D eigenvalue weighted by molar-refractivity contribution is 7.10. The van der Waals surface area contributed by atoms with Gasteiger partial charge in [0.2, 0.25) is 11.8 Å². The van der Waals surface area contributed by atoms with Crippen LogP contribution >= 0.6 is 22.7 Å². The summed E-state index contributed by atoms with van der Waals surface area (Å²) in [6.07, 6.45) is 1.80. The van der Waals surface area contributed by atoms with Crippen LogP contribution in [0.25, 0.3) is 0 Å². The SMILES string of the molecule is C[C@@H]1CN(C(=O)CCN2CCc3sccc3[C@@H]2c2cccc(F)c2)CCN1C(=O)Cc1cccs1. The zero-order valence-electron chi connectivity index (χ0n) is 19.9. The van der Waals surface area contributed by atoms with E-state index in [1.807, 2.05) is 40.3 Å². The number of rotatable bonds is 6. The lowest BCUT2D eigenvalue weighted by Gasteiger charge is -2.41. The van der Waals surface area contributed by atoms with Crippen LogP contribution in [-0.4, -0.2) is 65.3 Å². The summed E-state index contributed by atoms with van der Waals surface area (Å²) in [5.41, 5.74) is 2.16. The molecule has 2 atom stereocenters. The molecule has 0 radical (unpaired) electrons. The van der Waals surface area contributed by atoms with Crippen molar-refractivity contribution >= 4 is 34.5 Å². The van der Waals surface area contributed by atoms with E-state index in [0.717, 1.165) is 23.4 Å². The van der Waals surface area contributed by atoms with Crippen LogP contribution in [-0.2, 0) is 22.4 Å². The van der Waals surface area contributed by atoms with Gasteiger partial charge in [-0.25, -0.2) is 4.39 Å². The van der Waals surface area contributed by atoms with Crippen molar-refractivity contribution in [2.75, 3.05) is 32.7 Å². The Bertz CT molecular complexity index is 1180. The van der Waals surface area contributed by atoms with Crippen molar-refractivity contribution in [1.29, 1.82) is 0 Å². The van der Waals surface area contributed by atoms with Crippen LogP contribution in [0, 0.1) is 5.82 Å². The Morgan fingerprint density at radius 2 is 1.91 bits per heavy atom. The Kier molecular flexibility index (Phi) is 7.32. The number of thiophene rings is 2. The summed E-state index contributed by atoms with van der Waals surface area (Å²) in [6, 6.07) is 12.9. The fourth-order valence-corrected chi connectivity index (χ4v) is 6.89. The maximum atomic E-state index is 14.0. The van der Waals surface area contributed by atoms with Gasteiger partial charge in [0.1, 0.15) is 5.82 Å². The lowest BCUT2D eigenvalue weighted by molar-refractivity contribution is -0.142. The third-order valence-electron chi connectivity index (χ3n) is 7.05. The van der Waals surface area contributed by atoms with Gasteiger partial charge in [0.05, 0.1) is 12.5 Å².